The SMILES string of the molecule is CC[C@@H]1CN(S(C)(=O)=O)CC[C@@H]1N[C@H](C)CCc1ccccc1. The highest BCUT2D eigenvalue weighted by Crippen LogP contribution is 2.23. The van der Waals surface area contributed by atoms with Gasteiger partial charge in [-0.2, -0.15) is 0 Å². The van der Waals surface area contributed by atoms with Crippen LogP contribution in [-0.4, -0.2) is 44.2 Å². The lowest BCUT2D eigenvalue weighted by atomic mass is 9.90. The van der Waals surface area contributed by atoms with E-state index in [0.717, 1.165) is 25.7 Å². The number of hydrogen-bond acceptors (Lipinski definition) is 3. The maximum Gasteiger partial charge on any atom is 0.211 e. The molecule has 3 atom stereocenters. The summed E-state index contributed by atoms with van der Waals surface area (Å²) in [7, 11) is -3.06. The number of sulfonamides is 1. The van der Waals surface area contributed by atoms with E-state index in [1.54, 1.807) is 4.31 Å². The molecular weight excluding hydrogens is 308 g/mol. The van der Waals surface area contributed by atoms with Crippen molar-refractivity contribution in [1.29, 1.82) is 0 Å². The summed E-state index contributed by atoms with van der Waals surface area (Å²) >= 11 is 0. The van der Waals surface area contributed by atoms with E-state index < -0.39 is 10.0 Å². The molecule has 2 rings (SSSR count). The summed E-state index contributed by atoms with van der Waals surface area (Å²) in [5.41, 5.74) is 1.38. The number of nitrogens with zero attached hydrogens (tertiary/aromatic N) is 1. The molecule has 1 fully saturated rings. The molecule has 23 heavy (non-hydrogen) atoms. The Morgan fingerprint density at radius 3 is 2.61 bits per heavy atom. The Morgan fingerprint density at radius 2 is 2.00 bits per heavy atom. The lowest BCUT2D eigenvalue weighted by Crippen LogP contribution is -2.52. The molecule has 0 aliphatic carbocycles. The first-order valence-electron chi connectivity index (χ1n) is 8.65. The van der Waals surface area contributed by atoms with Crippen molar-refractivity contribution in [3.05, 3.63) is 35.9 Å². The van der Waals surface area contributed by atoms with Gasteiger partial charge < -0.3 is 5.32 Å². The van der Waals surface area contributed by atoms with Gasteiger partial charge in [0.25, 0.3) is 0 Å². The molecule has 0 amide bonds. The highest BCUT2D eigenvalue weighted by Gasteiger charge is 2.32. The van der Waals surface area contributed by atoms with E-state index in [1.165, 1.54) is 11.8 Å². The first kappa shape index (κ1) is 18.4. The summed E-state index contributed by atoms with van der Waals surface area (Å²) in [5, 5.41) is 3.74. The summed E-state index contributed by atoms with van der Waals surface area (Å²) < 4.78 is 25.1. The van der Waals surface area contributed by atoms with E-state index in [2.05, 4.69) is 43.4 Å². The van der Waals surface area contributed by atoms with Gasteiger partial charge in [0, 0.05) is 25.2 Å². The van der Waals surface area contributed by atoms with Crippen LogP contribution in [0.15, 0.2) is 30.3 Å². The maximum absolute atomic E-state index is 11.7. The van der Waals surface area contributed by atoms with Gasteiger partial charge in [0.05, 0.1) is 6.26 Å². The van der Waals surface area contributed by atoms with Gasteiger partial charge >= 0.3 is 0 Å². The topological polar surface area (TPSA) is 49.4 Å². The second kappa shape index (κ2) is 8.27. The minimum Gasteiger partial charge on any atom is -0.311 e. The summed E-state index contributed by atoms with van der Waals surface area (Å²) in [6, 6.07) is 11.4. The number of hydrogen-bond donors (Lipinski definition) is 1. The van der Waals surface area contributed by atoms with Crippen LogP contribution >= 0.6 is 0 Å². The molecule has 130 valence electrons. The molecule has 1 saturated heterocycles. The molecule has 0 radical (unpaired) electrons. The van der Waals surface area contributed by atoms with Crippen LogP contribution in [-0.2, 0) is 16.4 Å². The smallest absolute Gasteiger partial charge is 0.211 e. The van der Waals surface area contributed by atoms with Crippen LogP contribution in [0.4, 0.5) is 0 Å². The minimum absolute atomic E-state index is 0.401. The Hall–Kier alpha value is -0.910. The summed E-state index contributed by atoms with van der Waals surface area (Å²) in [6.45, 7) is 5.68. The van der Waals surface area contributed by atoms with E-state index in [4.69, 9.17) is 0 Å². The van der Waals surface area contributed by atoms with E-state index in [0.29, 0.717) is 31.1 Å². The number of rotatable bonds is 7. The van der Waals surface area contributed by atoms with Gasteiger partial charge in [-0.25, -0.2) is 12.7 Å². The second-order valence-electron chi connectivity index (χ2n) is 6.78. The van der Waals surface area contributed by atoms with Crippen molar-refractivity contribution in [1.82, 2.24) is 9.62 Å². The van der Waals surface area contributed by atoms with Crippen LogP contribution in [0.2, 0.25) is 0 Å². The Bertz CT molecular complexity index is 574. The van der Waals surface area contributed by atoms with Gasteiger partial charge in [-0.1, -0.05) is 43.7 Å². The van der Waals surface area contributed by atoms with Crippen LogP contribution in [0.5, 0.6) is 0 Å². The third-order valence-corrected chi connectivity index (χ3v) is 6.17. The standard InChI is InChI=1S/C18H30N2O2S/c1-4-17-14-20(23(3,21)22)13-12-18(17)19-15(2)10-11-16-8-6-5-7-9-16/h5-9,15,17-19H,4,10-14H2,1-3H3/t15-,17-,18+/m1/s1. The molecule has 4 nitrogen and oxygen atoms in total. The zero-order valence-corrected chi connectivity index (χ0v) is 15.3. The molecule has 1 heterocycles. The van der Waals surface area contributed by atoms with Gasteiger partial charge in [-0.15, -0.1) is 0 Å². The molecule has 1 N–H and O–H groups in total. The minimum atomic E-state index is -3.06. The van der Waals surface area contributed by atoms with Crippen molar-refractivity contribution in [2.75, 3.05) is 19.3 Å². The average molecular weight is 339 g/mol. The van der Waals surface area contributed by atoms with Crippen LogP contribution in [0, 0.1) is 5.92 Å². The molecule has 5 heteroatoms. The fourth-order valence-electron chi connectivity index (χ4n) is 3.41. The molecule has 1 aliphatic heterocycles. The number of nitrogens with one attached hydrogen (secondary N) is 1. The fourth-order valence-corrected chi connectivity index (χ4v) is 4.31. The maximum atomic E-state index is 11.7. The third kappa shape index (κ3) is 5.59. The van der Waals surface area contributed by atoms with Gasteiger partial charge in [-0.3, -0.25) is 0 Å². The average Bonchev–Trinajstić information content (AvgIpc) is 2.53. The van der Waals surface area contributed by atoms with Crippen LogP contribution in [0.1, 0.15) is 38.7 Å². The Balaban J connectivity index is 1.84. The van der Waals surface area contributed by atoms with Gasteiger partial charge in [0.2, 0.25) is 10.0 Å². The highest BCUT2D eigenvalue weighted by atomic mass is 32.2. The molecule has 0 spiro atoms. The van der Waals surface area contributed by atoms with Gasteiger partial charge in [0.1, 0.15) is 0 Å². The zero-order valence-electron chi connectivity index (χ0n) is 14.5. The Morgan fingerprint density at radius 1 is 1.30 bits per heavy atom. The van der Waals surface area contributed by atoms with Crippen molar-refractivity contribution in [3.63, 3.8) is 0 Å². The lowest BCUT2D eigenvalue weighted by molar-refractivity contribution is 0.191. The fraction of sp³-hybridized carbons (Fsp3) is 0.667. The van der Waals surface area contributed by atoms with Crippen LogP contribution < -0.4 is 5.32 Å². The van der Waals surface area contributed by atoms with Gasteiger partial charge in [0.15, 0.2) is 0 Å². The molecule has 0 bridgehead atoms. The van der Waals surface area contributed by atoms with E-state index >= 15 is 0 Å². The first-order valence-corrected chi connectivity index (χ1v) is 10.5. The largest absolute Gasteiger partial charge is 0.311 e. The van der Waals surface area contributed by atoms with E-state index in [1.807, 2.05) is 6.07 Å². The van der Waals surface area contributed by atoms with Crippen molar-refractivity contribution >= 4 is 10.0 Å². The second-order valence-corrected chi connectivity index (χ2v) is 8.76. The van der Waals surface area contributed by atoms with E-state index in [9.17, 15) is 8.42 Å². The van der Waals surface area contributed by atoms with E-state index in [-0.39, 0.29) is 0 Å². The van der Waals surface area contributed by atoms with Crippen molar-refractivity contribution in [2.24, 2.45) is 5.92 Å². The summed E-state index contributed by atoms with van der Waals surface area (Å²) in [6.07, 6.45) is 5.41. The van der Waals surface area contributed by atoms with Crippen molar-refractivity contribution in [2.45, 2.75) is 51.6 Å². The summed E-state index contributed by atoms with van der Waals surface area (Å²) in [5.74, 6) is 0.401. The van der Waals surface area contributed by atoms with Gasteiger partial charge in [-0.05, 0) is 37.7 Å². The predicted octanol–water partition coefficient (Wildman–Crippen LogP) is 2.66. The number of piperidine rings is 1. The lowest BCUT2D eigenvalue weighted by Gasteiger charge is -2.38. The molecule has 1 aromatic carbocycles. The molecule has 0 saturated carbocycles. The third-order valence-electron chi connectivity index (χ3n) is 4.90. The first-order chi connectivity index (χ1) is 10.9. The molecule has 0 aromatic heterocycles. The number of aryl methyl sites for hydroxylation is 1. The Labute approximate surface area is 141 Å². The monoisotopic (exact) mass is 338 g/mol. The molecular formula is C18H30N2O2S. The molecule has 1 aromatic rings. The predicted molar refractivity (Wildman–Crippen MR) is 96.0 cm³/mol. The number of benzene rings is 1. The van der Waals surface area contributed by atoms with Crippen LogP contribution in [0.25, 0.3) is 0 Å². The van der Waals surface area contributed by atoms with Crippen molar-refractivity contribution < 1.29 is 8.42 Å². The van der Waals surface area contributed by atoms with Crippen LogP contribution in [0.3, 0.4) is 0 Å². The molecule has 0 unspecified atom stereocenters. The Kier molecular flexibility index (Phi) is 6.62. The normalized spacial score (nSPS) is 24.5. The summed E-state index contributed by atoms with van der Waals surface area (Å²) in [4.78, 5) is 0. The van der Waals surface area contributed by atoms with Crippen molar-refractivity contribution in [3.8, 4) is 0 Å². The zero-order chi connectivity index (χ0) is 16.9. The highest BCUT2D eigenvalue weighted by molar-refractivity contribution is 7.88. The molecule has 1 aliphatic rings. The quantitative estimate of drug-likeness (QED) is 0.831.